The number of methoxy groups -OCH3 is 1. The maximum atomic E-state index is 11.1. The summed E-state index contributed by atoms with van der Waals surface area (Å²) in [7, 11) is 1.63. The maximum Gasteiger partial charge on any atom is 0.223 e. The molecule has 0 aliphatic carbocycles. The molecule has 0 radical (unpaired) electrons. The highest BCUT2D eigenvalue weighted by molar-refractivity contribution is 5.79. The van der Waals surface area contributed by atoms with Crippen LogP contribution in [0.25, 0.3) is 0 Å². The first-order valence-electron chi connectivity index (χ1n) is 4.79. The molecule has 1 rings (SSSR count). The molecule has 0 bridgehead atoms. The van der Waals surface area contributed by atoms with Gasteiger partial charge in [0.05, 0.1) is 6.04 Å². The van der Waals surface area contributed by atoms with Crippen molar-refractivity contribution >= 4 is 5.91 Å². The first kappa shape index (κ1) is 10.5. The van der Waals surface area contributed by atoms with Crippen LogP contribution in [0.2, 0.25) is 0 Å². The van der Waals surface area contributed by atoms with Gasteiger partial charge >= 0.3 is 0 Å². The van der Waals surface area contributed by atoms with Crippen LogP contribution in [0, 0.1) is 0 Å². The third-order valence-corrected chi connectivity index (χ3v) is 2.58. The Kier molecular flexibility index (Phi) is 3.69. The zero-order chi connectivity index (χ0) is 9.84. The molecule has 0 spiro atoms. The lowest BCUT2D eigenvalue weighted by molar-refractivity contribution is -0.120. The molecule has 1 fully saturated rings. The molecule has 1 heterocycles. The third-order valence-electron chi connectivity index (χ3n) is 2.58. The van der Waals surface area contributed by atoms with Gasteiger partial charge in [0.1, 0.15) is 6.23 Å². The number of nitrogens with one attached hydrogen (secondary N) is 1. The third kappa shape index (κ3) is 2.19. The highest BCUT2D eigenvalue weighted by Gasteiger charge is 2.35. The van der Waals surface area contributed by atoms with Crippen molar-refractivity contribution in [1.29, 1.82) is 0 Å². The van der Waals surface area contributed by atoms with Gasteiger partial charge in [0.2, 0.25) is 5.91 Å². The number of hydrogen-bond acceptors (Lipinski definition) is 3. The molecule has 1 amide bonds. The second kappa shape index (κ2) is 4.58. The summed E-state index contributed by atoms with van der Waals surface area (Å²) in [4.78, 5) is 13.4. The van der Waals surface area contributed by atoms with Crippen molar-refractivity contribution in [2.45, 2.75) is 32.5 Å². The van der Waals surface area contributed by atoms with Gasteiger partial charge in [-0.3, -0.25) is 9.69 Å². The van der Waals surface area contributed by atoms with Gasteiger partial charge in [0.25, 0.3) is 0 Å². The summed E-state index contributed by atoms with van der Waals surface area (Å²) in [5, 5.41) is 2.80. The minimum atomic E-state index is -0.132. The summed E-state index contributed by atoms with van der Waals surface area (Å²) in [5.41, 5.74) is 0. The molecule has 1 N–H and O–H groups in total. The van der Waals surface area contributed by atoms with E-state index in [1.807, 2.05) is 0 Å². The highest BCUT2D eigenvalue weighted by atomic mass is 16.5. The molecule has 4 heteroatoms. The first-order chi connectivity index (χ1) is 6.22. The van der Waals surface area contributed by atoms with E-state index in [0.29, 0.717) is 6.42 Å². The van der Waals surface area contributed by atoms with Crippen LogP contribution in [0.3, 0.4) is 0 Å². The number of rotatable bonds is 4. The predicted molar refractivity (Wildman–Crippen MR) is 50.3 cm³/mol. The Labute approximate surface area is 79.2 Å². The topological polar surface area (TPSA) is 41.6 Å². The molecule has 4 nitrogen and oxygen atoms in total. The lowest BCUT2D eigenvalue weighted by Gasteiger charge is -2.28. The van der Waals surface area contributed by atoms with Crippen LogP contribution in [-0.2, 0) is 9.53 Å². The molecule has 2 atom stereocenters. The van der Waals surface area contributed by atoms with Crippen molar-refractivity contribution in [2.24, 2.45) is 0 Å². The average molecular weight is 186 g/mol. The first-order valence-corrected chi connectivity index (χ1v) is 4.79. The Balaban J connectivity index is 2.60. The number of carbonyl (C=O) groups excluding carboxylic acids is 1. The van der Waals surface area contributed by atoms with Crippen LogP contribution in [0.15, 0.2) is 0 Å². The zero-order valence-corrected chi connectivity index (χ0v) is 8.54. The molecule has 1 aliphatic rings. The van der Waals surface area contributed by atoms with E-state index >= 15 is 0 Å². The molecule has 0 aromatic carbocycles. The minimum absolute atomic E-state index is 0.0868. The van der Waals surface area contributed by atoms with Gasteiger partial charge in [-0.2, -0.15) is 0 Å². The summed E-state index contributed by atoms with van der Waals surface area (Å²) in [6.45, 7) is 6.10. The van der Waals surface area contributed by atoms with Gasteiger partial charge in [0, 0.05) is 13.5 Å². The summed E-state index contributed by atoms with van der Waals surface area (Å²) < 4.78 is 5.21. The van der Waals surface area contributed by atoms with E-state index in [9.17, 15) is 4.79 Å². The second-order valence-electron chi connectivity index (χ2n) is 3.22. The van der Waals surface area contributed by atoms with E-state index in [-0.39, 0.29) is 18.2 Å². The van der Waals surface area contributed by atoms with Gasteiger partial charge < -0.3 is 10.1 Å². The highest BCUT2D eigenvalue weighted by Crippen LogP contribution is 2.15. The van der Waals surface area contributed by atoms with Crippen molar-refractivity contribution in [2.75, 3.05) is 20.2 Å². The average Bonchev–Trinajstić information content (AvgIpc) is 2.49. The standard InChI is InChI=1S/C9H18N2O2/c1-4-11(5-2)7-6-8(12)10-9(7)13-3/h7,9H,4-6H2,1-3H3,(H,10,12)/t7-,9+/m0/s1. The van der Waals surface area contributed by atoms with Crippen molar-refractivity contribution in [3.8, 4) is 0 Å². The Morgan fingerprint density at radius 3 is 2.62 bits per heavy atom. The SMILES string of the molecule is CCN(CC)[C@H]1CC(=O)N[C@@H]1OC. The molecule has 1 saturated heterocycles. The van der Waals surface area contributed by atoms with E-state index in [4.69, 9.17) is 4.74 Å². The Morgan fingerprint density at radius 2 is 2.15 bits per heavy atom. The molecule has 0 saturated carbocycles. The number of hydrogen-bond donors (Lipinski definition) is 1. The fraction of sp³-hybridized carbons (Fsp3) is 0.889. The summed E-state index contributed by atoms with van der Waals surface area (Å²) >= 11 is 0. The predicted octanol–water partition coefficient (Wildman–Crippen LogP) is 0.189. The molecule has 0 unspecified atom stereocenters. The monoisotopic (exact) mass is 186 g/mol. The van der Waals surface area contributed by atoms with Crippen molar-refractivity contribution in [1.82, 2.24) is 10.2 Å². The number of likely N-dealkylation sites (N-methyl/N-ethyl adjacent to an activating group) is 1. The molecule has 76 valence electrons. The van der Waals surface area contributed by atoms with E-state index < -0.39 is 0 Å². The van der Waals surface area contributed by atoms with Crippen molar-refractivity contribution in [3.05, 3.63) is 0 Å². The van der Waals surface area contributed by atoms with Gasteiger partial charge in [-0.1, -0.05) is 13.8 Å². The Hall–Kier alpha value is -0.610. The lowest BCUT2D eigenvalue weighted by Crippen LogP contribution is -2.44. The van der Waals surface area contributed by atoms with E-state index in [1.165, 1.54) is 0 Å². The molecule has 0 aromatic rings. The second-order valence-corrected chi connectivity index (χ2v) is 3.22. The van der Waals surface area contributed by atoms with Crippen LogP contribution in [-0.4, -0.2) is 43.3 Å². The van der Waals surface area contributed by atoms with E-state index in [2.05, 4.69) is 24.1 Å². The van der Waals surface area contributed by atoms with Crippen molar-refractivity contribution in [3.63, 3.8) is 0 Å². The lowest BCUT2D eigenvalue weighted by atomic mass is 10.2. The van der Waals surface area contributed by atoms with Crippen LogP contribution >= 0.6 is 0 Å². The minimum Gasteiger partial charge on any atom is -0.360 e. The smallest absolute Gasteiger partial charge is 0.223 e. The van der Waals surface area contributed by atoms with Crippen molar-refractivity contribution < 1.29 is 9.53 Å². The summed E-state index contributed by atoms with van der Waals surface area (Å²) in [5.74, 6) is 0.0868. The number of ether oxygens (including phenoxy) is 1. The zero-order valence-electron chi connectivity index (χ0n) is 8.54. The molecular formula is C9H18N2O2. The number of carbonyl (C=O) groups is 1. The molecule has 1 aliphatic heterocycles. The van der Waals surface area contributed by atoms with E-state index in [0.717, 1.165) is 13.1 Å². The Bertz CT molecular complexity index is 180. The molecular weight excluding hydrogens is 168 g/mol. The molecule has 13 heavy (non-hydrogen) atoms. The van der Waals surface area contributed by atoms with Crippen LogP contribution in [0.1, 0.15) is 20.3 Å². The summed E-state index contributed by atoms with van der Waals surface area (Å²) in [6, 6.07) is 0.201. The largest absolute Gasteiger partial charge is 0.360 e. The van der Waals surface area contributed by atoms with Crippen LogP contribution in [0.5, 0.6) is 0 Å². The van der Waals surface area contributed by atoms with Crippen LogP contribution in [0.4, 0.5) is 0 Å². The normalized spacial score (nSPS) is 28.2. The van der Waals surface area contributed by atoms with Gasteiger partial charge in [-0.05, 0) is 13.1 Å². The van der Waals surface area contributed by atoms with Gasteiger partial charge in [-0.15, -0.1) is 0 Å². The van der Waals surface area contributed by atoms with Gasteiger partial charge in [0.15, 0.2) is 0 Å². The maximum absolute atomic E-state index is 11.1. The molecule has 0 aromatic heterocycles. The van der Waals surface area contributed by atoms with Crippen LogP contribution < -0.4 is 5.32 Å². The quantitative estimate of drug-likeness (QED) is 0.681. The van der Waals surface area contributed by atoms with E-state index in [1.54, 1.807) is 7.11 Å². The number of nitrogens with zero attached hydrogens (tertiary/aromatic N) is 1. The number of amides is 1. The fourth-order valence-electron chi connectivity index (χ4n) is 1.84. The van der Waals surface area contributed by atoms with Gasteiger partial charge in [-0.25, -0.2) is 0 Å². The Morgan fingerprint density at radius 1 is 1.54 bits per heavy atom. The fourth-order valence-corrected chi connectivity index (χ4v) is 1.84. The summed E-state index contributed by atoms with van der Waals surface area (Å²) in [6.07, 6.45) is 0.424.